The minimum absolute atomic E-state index is 0.0872. The molecule has 5 nitrogen and oxygen atoms in total. The molecule has 0 aliphatic rings. The van der Waals surface area contributed by atoms with Crippen LogP contribution in [0.25, 0.3) is 0 Å². The van der Waals surface area contributed by atoms with E-state index in [1.165, 1.54) is 6.33 Å². The number of aliphatic carboxylic acids is 1. The van der Waals surface area contributed by atoms with Gasteiger partial charge in [0.05, 0.1) is 6.42 Å². The normalized spacial score (nSPS) is 12.2. The molecule has 0 radical (unpaired) electrons. The maximum Gasteiger partial charge on any atom is 0.304 e. The molecular formula is C10H15N3O2. The molecule has 1 heterocycles. The Labute approximate surface area is 88.8 Å². The lowest BCUT2D eigenvalue weighted by molar-refractivity contribution is -0.137. The van der Waals surface area contributed by atoms with Gasteiger partial charge in [0, 0.05) is 31.8 Å². The van der Waals surface area contributed by atoms with E-state index in [-0.39, 0.29) is 12.3 Å². The fourth-order valence-electron chi connectivity index (χ4n) is 1.24. The third kappa shape index (κ3) is 3.19. The molecule has 1 aromatic rings. The zero-order valence-electron chi connectivity index (χ0n) is 9.14. The van der Waals surface area contributed by atoms with Crippen LogP contribution in [-0.4, -0.2) is 35.1 Å². The van der Waals surface area contributed by atoms with Crippen LogP contribution in [0.4, 0.5) is 5.82 Å². The van der Waals surface area contributed by atoms with E-state index < -0.39 is 5.97 Å². The van der Waals surface area contributed by atoms with Crippen LogP contribution in [0.2, 0.25) is 0 Å². The number of carboxylic acid groups (broad SMARTS) is 1. The zero-order valence-corrected chi connectivity index (χ0v) is 9.14. The Morgan fingerprint density at radius 3 is 2.73 bits per heavy atom. The molecule has 1 rings (SSSR count). The standard InChI is InChI=1S/C10H15N3O2/c1-7(4-10(14)15)8-5-9(13(2)3)12-6-11-8/h5-7H,4H2,1-3H3,(H,14,15). The second-order valence-electron chi connectivity index (χ2n) is 3.69. The summed E-state index contributed by atoms with van der Waals surface area (Å²) in [5.41, 5.74) is 0.760. The lowest BCUT2D eigenvalue weighted by atomic mass is 10.0. The summed E-state index contributed by atoms with van der Waals surface area (Å²) in [7, 11) is 3.77. The maximum absolute atomic E-state index is 10.5. The molecule has 0 aliphatic carbocycles. The lowest BCUT2D eigenvalue weighted by Gasteiger charge is -2.13. The largest absolute Gasteiger partial charge is 0.481 e. The minimum Gasteiger partial charge on any atom is -0.481 e. The number of rotatable bonds is 4. The molecule has 0 amide bonds. The molecule has 1 atom stereocenters. The van der Waals surface area contributed by atoms with Crippen LogP contribution in [0.5, 0.6) is 0 Å². The Kier molecular flexibility index (Phi) is 3.60. The van der Waals surface area contributed by atoms with Crippen molar-refractivity contribution in [3.05, 3.63) is 18.1 Å². The van der Waals surface area contributed by atoms with Crippen molar-refractivity contribution in [1.82, 2.24) is 9.97 Å². The second-order valence-corrected chi connectivity index (χ2v) is 3.69. The van der Waals surface area contributed by atoms with Crippen LogP contribution in [0.1, 0.15) is 25.0 Å². The Morgan fingerprint density at radius 1 is 1.53 bits per heavy atom. The molecule has 1 aromatic heterocycles. The van der Waals surface area contributed by atoms with Gasteiger partial charge in [-0.15, -0.1) is 0 Å². The summed E-state index contributed by atoms with van der Waals surface area (Å²) in [6.07, 6.45) is 1.55. The zero-order chi connectivity index (χ0) is 11.4. The number of anilines is 1. The molecule has 0 aromatic carbocycles. The average molecular weight is 209 g/mol. The summed E-state index contributed by atoms with van der Waals surface area (Å²) in [5.74, 6) is -0.117. The quantitative estimate of drug-likeness (QED) is 0.804. The Balaban J connectivity index is 2.85. The summed E-state index contributed by atoms with van der Waals surface area (Å²) in [6, 6.07) is 1.81. The molecule has 15 heavy (non-hydrogen) atoms. The molecule has 0 fully saturated rings. The molecule has 0 spiro atoms. The molecule has 0 saturated heterocycles. The van der Waals surface area contributed by atoms with Crippen molar-refractivity contribution in [3.63, 3.8) is 0 Å². The summed E-state index contributed by atoms with van der Waals surface area (Å²) in [5, 5.41) is 8.67. The highest BCUT2D eigenvalue weighted by Gasteiger charge is 2.12. The summed E-state index contributed by atoms with van der Waals surface area (Å²) < 4.78 is 0. The number of hydrogen-bond acceptors (Lipinski definition) is 4. The first-order valence-electron chi connectivity index (χ1n) is 4.71. The van der Waals surface area contributed by atoms with Crippen LogP contribution < -0.4 is 4.90 Å². The van der Waals surface area contributed by atoms with Gasteiger partial charge in [0.1, 0.15) is 12.1 Å². The Morgan fingerprint density at radius 2 is 2.20 bits per heavy atom. The number of hydrogen-bond donors (Lipinski definition) is 1. The van der Waals surface area contributed by atoms with Gasteiger partial charge >= 0.3 is 5.97 Å². The number of aromatic nitrogens is 2. The first-order chi connectivity index (χ1) is 7.00. The van der Waals surface area contributed by atoms with E-state index in [0.717, 1.165) is 11.5 Å². The monoisotopic (exact) mass is 209 g/mol. The molecular weight excluding hydrogens is 194 g/mol. The van der Waals surface area contributed by atoms with Crippen LogP contribution in [0.15, 0.2) is 12.4 Å². The second kappa shape index (κ2) is 4.72. The van der Waals surface area contributed by atoms with Crippen molar-refractivity contribution in [1.29, 1.82) is 0 Å². The van der Waals surface area contributed by atoms with E-state index in [0.29, 0.717) is 0 Å². The predicted molar refractivity (Wildman–Crippen MR) is 57.0 cm³/mol. The van der Waals surface area contributed by atoms with Gasteiger partial charge in [-0.1, -0.05) is 6.92 Å². The lowest BCUT2D eigenvalue weighted by Crippen LogP contribution is -2.12. The van der Waals surface area contributed by atoms with E-state index in [4.69, 9.17) is 5.11 Å². The van der Waals surface area contributed by atoms with Gasteiger partial charge in [-0.05, 0) is 0 Å². The van der Waals surface area contributed by atoms with E-state index in [1.807, 2.05) is 32.0 Å². The van der Waals surface area contributed by atoms with E-state index in [1.54, 1.807) is 0 Å². The van der Waals surface area contributed by atoms with Gasteiger partial charge in [0.15, 0.2) is 0 Å². The summed E-state index contributed by atoms with van der Waals surface area (Å²) in [6.45, 7) is 1.84. The number of nitrogens with zero attached hydrogens (tertiary/aromatic N) is 3. The van der Waals surface area contributed by atoms with Crippen LogP contribution in [0, 0.1) is 0 Å². The van der Waals surface area contributed by atoms with Crippen LogP contribution in [0.3, 0.4) is 0 Å². The van der Waals surface area contributed by atoms with Gasteiger partial charge in [-0.3, -0.25) is 4.79 Å². The van der Waals surface area contributed by atoms with Gasteiger partial charge in [0.2, 0.25) is 0 Å². The van der Waals surface area contributed by atoms with Crippen molar-refractivity contribution in [2.75, 3.05) is 19.0 Å². The van der Waals surface area contributed by atoms with Crippen molar-refractivity contribution in [2.45, 2.75) is 19.3 Å². The first kappa shape index (κ1) is 11.4. The highest BCUT2D eigenvalue weighted by Crippen LogP contribution is 2.19. The summed E-state index contributed by atoms with van der Waals surface area (Å²) in [4.78, 5) is 20.5. The third-order valence-corrected chi connectivity index (χ3v) is 2.12. The highest BCUT2D eigenvalue weighted by atomic mass is 16.4. The fraction of sp³-hybridized carbons (Fsp3) is 0.500. The van der Waals surface area contributed by atoms with Crippen molar-refractivity contribution in [2.24, 2.45) is 0 Å². The maximum atomic E-state index is 10.5. The highest BCUT2D eigenvalue weighted by molar-refractivity contribution is 5.67. The Bertz CT molecular complexity index is 352. The molecule has 0 saturated carbocycles. The first-order valence-corrected chi connectivity index (χ1v) is 4.71. The van der Waals surface area contributed by atoms with Crippen LogP contribution >= 0.6 is 0 Å². The molecule has 82 valence electrons. The minimum atomic E-state index is -0.812. The van der Waals surface area contributed by atoms with Gasteiger partial charge in [-0.2, -0.15) is 0 Å². The van der Waals surface area contributed by atoms with E-state index >= 15 is 0 Å². The third-order valence-electron chi connectivity index (χ3n) is 2.12. The molecule has 5 heteroatoms. The summed E-state index contributed by atoms with van der Waals surface area (Å²) >= 11 is 0. The molecule has 0 aliphatic heterocycles. The topological polar surface area (TPSA) is 66.3 Å². The number of carboxylic acids is 1. The van der Waals surface area contributed by atoms with Crippen molar-refractivity contribution < 1.29 is 9.90 Å². The predicted octanol–water partition coefficient (Wildman–Crippen LogP) is 1.12. The fourth-order valence-corrected chi connectivity index (χ4v) is 1.24. The van der Waals surface area contributed by atoms with Crippen LogP contribution in [-0.2, 0) is 4.79 Å². The van der Waals surface area contributed by atoms with Gasteiger partial charge in [-0.25, -0.2) is 9.97 Å². The smallest absolute Gasteiger partial charge is 0.304 e. The van der Waals surface area contributed by atoms with E-state index in [2.05, 4.69) is 9.97 Å². The SMILES string of the molecule is CC(CC(=O)O)c1cc(N(C)C)ncn1. The molecule has 0 bridgehead atoms. The number of carbonyl (C=O) groups is 1. The molecule has 1 unspecified atom stereocenters. The van der Waals surface area contributed by atoms with Crippen molar-refractivity contribution >= 4 is 11.8 Å². The van der Waals surface area contributed by atoms with Gasteiger partial charge < -0.3 is 10.0 Å². The van der Waals surface area contributed by atoms with Crippen molar-refractivity contribution in [3.8, 4) is 0 Å². The van der Waals surface area contributed by atoms with E-state index in [9.17, 15) is 4.79 Å². The Hall–Kier alpha value is -1.65. The van der Waals surface area contributed by atoms with Gasteiger partial charge in [0.25, 0.3) is 0 Å². The molecule has 1 N–H and O–H groups in total. The average Bonchev–Trinajstić information content (AvgIpc) is 2.17.